The van der Waals surface area contributed by atoms with E-state index in [0.29, 0.717) is 0 Å². The summed E-state index contributed by atoms with van der Waals surface area (Å²) in [4.78, 5) is 0. The molecule has 0 radical (unpaired) electrons. The highest BCUT2D eigenvalue weighted by atomic mass is 16.5. The standard InChI is InChI=1S/C47H32O/c1-47(2)42-28-35(18-20-38(42)39-24-32-12-6-7-13-33(32)27-43(39)47)30-14-8-15-31(22-30)37-23-36-16-9-17-45-46(36)41(26-37)40-25-34(19-21-44(40)48-45)29-10-4-3-5-11-29/h3-28H,1-2H3. The number of rotatable bonds is 3. The van der Waals surface area contributed by atoms with E-state index in [9.17, 15) is 0 Å². The SMILES string of the molecule is CC1(C)c2cc(-c3cccc(-c4cc5c6c(cccc6c4)Oc4ccc(-c6ccccc6)cc4-5)c3)ccc2-c2cc3ccccc3cc21. The first-order chi connectivity index (χ1) is 23.5. The fourth-order valence-electron chi connectivity index (χ4n) is 8.10. The Kier molecular flexibility index (Phi) is 5.69. The fourth-order valence-corrected chi connectivity index (χ4v) is 8.10. The van der Waals surface area contributed by atoms with Crippen molar-refractivity contribution in [2.75, 3.05) is 0 Å². The van der Waals surface area contributed by atoms with Crippen molar-refractivity contribution in [1.29, 1.82) is 0 Å². The fraction of sp³-hybridized carbons (Fsp3) is 0.0638. The molecule has 0 aromatic heterocycles. The first-order valence-corrected chi connectivity index (χ1v) is 16.7. The summed E-state index contributed by atoms with van der Waals surface area (Å²) in [6.07, 6.45) is 0. The van der Waals surface area contributed by atoms with Crippen LogP contribution in [0, 0.1) is 0 Å². The highest BCUT2D eigenvalue weighted by Crippen LogP contribution is 2.52. The molecular weight excluding hydrogens is 581 g/mol. The van der Waals surface area contributed by atoms with Crippen LogP contribution in [0.4, 0.5) is 0 Å². The molecule has 1 aliphatic heterocycles. The second-order valence-corrected chi connectivity index (χ2v) is 13.8. The second-order valence-electron chi connectivity index (χ2n) is 13.8. The Morgan fingerprint density at radius 2 is 0.979 bits per heavy atom. The summed E-state index contributed by atoms with van der Waals surface area (Å²) in [5.74, 6) is 1.81. The minimum Gasteiger partial charge on any atom is -0.456 e. The number of hydrogen-bond acceptors (Lipinski definition) is 1. The van der Waals surface area contributed by atoms with Crippen LogP contribution >= 0.6 is 0 Å². The van der Waals surface area contributed by atoms with Gasteiger partial charge >= 0.3 is 0 Å². The van der Waals surface area contributed by atoms with Gasteiger partial charge in [0.25, 0.3) is 0 Å². The van der Waals surface area contributed by atoms with Crippen molar-refractivity contribution in [1.82, 2.24) is 0 Å². The Balaban J connectivity index is 1.09. The van der Waals surface area contributed by atoms with Crippen LogP contribution in [0.15, 0.2) is 158 Å². The van der Waals surface area contributed by atoms with Gasteiger partial charge in [-0.25, -0.2) is 0 Å². The molecule has 1 nitrogen and oxygen atoms in total. The third-order valence-corrected chi connectivity index (χ3v) is 10.6. The Hall–Kier alpha value is -5.92. The predicted octanol–water partition coefficient (Wildman–Crippen LogP) is 13.1. The van der Waals surface area contributed by atoms with E-state index in [0.717, 1.165) is 17.1 Å². The topological polar surface area (TPSA) is 9.23 Å². The maximum absolute atomic E-state index is 6.46. The van der Waals surface area contributed by atoms with Gasteiger partial charge < -0.3 is 4.74 Å². The van der Waals surface area contributed by atoms with Gasteiger partial charge in [0.1, 0.15) is 11.5 Å². The van der Waals surface area contributed by atoms with E-state index in [-0.39, 0.29) is 5.41 Å². The number of fused-ring (bicyclic) bond motifs is 6. The number of ether oxygens (including phenoxy) is 1. The van der Waals surface area contributed by atoms with E-state index in [1.165, 1.54) is 82.7 Å². The van der Waals surface area contributed by atoms with Crippen LogP contribution in [0.5, 0.6) is 11.5 Å². The average Bonchev–Trinajstić information content (AvgIpc) is 3.35. The van der Waals surface area contributed by atoms with Crippen molar-refractivity contribution in [2.24, 2.45) is 0 Å². The van der Waals surface area contributed by atoms with Gasteiger partial charge in [-0.15, -0.1) is 0 Å². The lowest BCUT2D eigenvalue weighted by Gasteiger charge is -2.23. The zero-order valence-electron chi connectivity index (χ0n) is 26.9. The second kappa shape index (κ2) is 10.0. The highest BCUT2D eigenvalue weighted by Gasteiger charge is 2.36. The first-order valence-electron chi connectivity index (χ1n) is 16.7. The van der Waals surface area contributed by atoms with Crippen LogP contribution < -0.4 is 4.74 Å². The number of benzene rings is 8. The average molecular weight is 613 g/mol. The molecule has 0 atom stereocenters. The maximum atomic E-state index is 6.46. The van der Waals surface area contributed by atoms with Crippen LogP contribution in [-0.2, 0) is 5.41 Å². The molecule has 1 heteroatoms. The van der Waals surface area contributed by atoms with Crippen molar-refractivity contribution in [3.05, 3.63) is 169 Å². The van der Waals surface area contributed by atoms with Crippen LogP contribution in [0.25, 0.3) is 77.2 Å². The lowest BCUT2D eigenvalue weighted by atomic mass is 9.81. The van der Waals surface area contributed by atoms with E-state index >= 15 is 0 Å². The van der Waals surface area contributed by atoms with Gasteiger partial charge in [-0.05, 0) is 132 Å². The molecule has 0 amide bonds. The summed E-state index contributed by atoms with van der Waals surface area (Å²) < 4.78 is 6.46. The lowest BCUT2D eigenvalue weighted by molar-refractivity contribution is 0.487. The normalized spacial score (nSPS) is 13.5. The van der Waals surface area contributed by atoms with Crippen molar-refractivity contribution < 1.29 is 4.74 Å². The van der Waals surface area contributed by atoms with Crippen molar-refractivity contribution >= 4 is 21.5 Å². The quantitative estimate of drug-likeness (QED) is 0.193. The van der Waals surface area contributed by atoms with Crippen LogP contribution in [0.2, 0.25) is 0 Å². The number of hydrogen-bond donors (Lipinski definition) is 0. The molecule has 0 unspecified atom stereocenters. The summed E-state index contributed by atoms with van der Waals surface area (Å²) in [5.41, 5.74) is 15.1. The monoisotopic (exact) mass is 612 g/mol. The van der Waals surface area contributed by atoms with E-state index in [2.05, 4.69) is 172 Å². The van der Waals surface area contributed by atoms with Crippen LogP contribution in [0.1, 0.15) is 25.0 Å². The zero-order valence-corrected chi connectivity index (χ0v) is 26.9. The van der Waals surface area contributed by atoms with Crippen molar-refractivity contribution in [3.63, 3.8) is 0 Å². The van der Waals surface area contributed by atoms with Gasteiger partial charge in [0, 0.05) is 16.4 Å². The zero-order chi connectivity index (χ0) is 32.0. The van der Waals surface area contributed by atoms with Gasteiger partial charge in [-0.3, -0.25) is 0 Å². The minimum atomic E-state index is -0.0743. The van der Waals surface area contributed by atoms with Gasteiger partial charge in [0.15, 0.2) is 0 Å². The smallest absolute Gasteiger partial charge is 0.135 e. The van der Waals surface area contributed by atoms with Crippen molar-refractivity contribution in [2.45, 2.75) is 19.3 Å². The Bertz CT molecular complexity index is 2610. The van der Waals surface area contributed by atoms with E-state index < -0.39 is 0 Å². The van der Waals surface area contributed by atoms with Crippen LogP contribution in [0.3, 0.4) is 0 Å². The summed E-state index contributed by atoms with van der Waals surface area (Å²) >= 11 is 0. The molecule has 48 heavy (non-hydrogen) atoms. The van der Waals surface area contributed by atoms with Crippen LogP contribution in [-0.4, -0.2) is 0 Å². The maximum Gasteiger partial charge on any atom is 0.135 e. The molecule has 0 N–H and O–H groups in total. The van der Waals surface area contributed by atoms with E-state index in [1.807, 2.05) is 0 Å². The van der Waals surface area contributed by atoms with E-state index in [4.69, 9.17) is 4.74 Å². The van der Waals surface area contributed by atoms with Crippen molar-refractivity contribution in [3.8, 4) is 67.1 Å². The molecule has 8 aromatic rings. The summed E-state index contributed by atoms with van der Waals surface area (Å²) in [6.45, 7) is 4.73. The molecule has 2 aliphatic rings. The Morgan fingerprint density at radius 3 is 1.83 bits per heavy atom. The minimum absolute atomic E-state index is 0.0743. The highest BCUT2D eigenvalue weighted by molar-refractivity contribution is 6.07. The van der Waals surface area contributed by atoms with E-state index in [1.54, 1.807) is 0 Å². The first kappa shape index (κ1) is 27.2. The van der Waals surface area contributed by atoms with Gasteiger partial charge in [-0.1, -0.05) is 117 Å². The molecule has 0 saturated carbocycles. The Labute approximate surface area is 280 Å². The molecule has 1 aliphatic carbocycles. The third-order valence-electron chi connectivity index (χ3n) is 10.6. The summed E-state index contributed by atoms with van der Waals surface area (Å²) in [7, 11) is 0. The molecule has 226 valence electrons. The molecular formula is C47H32O. The molecule has 0 spiro atoms. The summed E-state index contributed by atoms with van der Waals surface area (Å²) in [5, 5.41) is 4.95. The summed E-state index contributed by atoms with van der Waals surface area (Å²) in [6, 6.07) is 57.7. The predicted molar refractivity (Wildman–Crippen MR) is 201 cm³/mol. The molecule has 10 rings (SSSR count). The van der Waals surface area contributed by atoms with Gasteiger partial charge in [0.05, 0.1) is 0 Å². The largest absolute Gasteiger partial charge is 0.456 e. The van der Waals surface area contributed by atoms with Gasteiger partial charge in [-0.2, -0.15) is 0 Å². The molecule has 0 bridgehead atoms. The third kappa shape index (κ3) is 4.04. The lowest BCUT2D eigenvalue weighted by Crippen LogP contribution is -2.15. The molecule has 1 heterocycles. The molecule has 0 saturated heterocycles. The molecule has 8 aromatic carbocycles. The van der Waals surface area contributed by atoms with Gasteiger partial charge in [0.2, 0.25) is 0 Å². The Morgan fingerprint density at radius 1 is 0.354 bits per heavy atom. The molecule has 0 fully saturated rings.